The second-order valence-corrected chi connectivity index (χ2v) is 8.66. The monoisotopic (exact) mass is 361 g/mol. The van der Waals surface area contributed by atoms with Crippen LogP contribution in [0.3, 0.4) is 0 Å². The van der Waals surface area contributed by atoms with Gasteiger partial charge in [0.25, 0.3) is 0 Å². The van der Waals surface area contributed by atoms with E-state index in [-0.39, 0.29) is 5.91 Å². The number of piperidine rings is 1. The minimum atomic E-state index is 0.195. The minimum absolute atomic E-state index is 0.195. The molecule has 0 N–H and O–H groups in total. The smallest absolute Gasteiger partial charge is 0.244 e. The Morgan fingerprint density at radius 2 is 1.88 bits per heavy atom. The molecule has 1 aromatic heterocycles. The minimum Gasteiger partial charge on any atom is -0.338 e. The Hall–Kier alpha value is -1.40. The highest BCUT2D eigenvalue weighted by molar-refractivity contribution is 5.77. The number of carbonyl (C=O) groups excluding carboxylic acids is 1. The molecule has 0 spiro atoms. The molecule has 0 bridgehead atoms. The van der Waals surface area contributed by atoms with Crippen molar-refractivity contribution in [3.05, 3.63) is 17.5 Å². The summed E-state index contributed by atoms with van der Waals surface area (Å²) >= 11 is 0. The first-order chi connectivity index (χ1) is 12.3. The van der Waals surface area contributed by atoms with Crippen LogP contribution in [-0.4, -0.2) is 82.2 Å². The van der Waals surface area contributed by atoms with Gasteiger partial charge in [-0.1, -0.05) is 13.8 Å². The van der Waals surface area contributed by atoms with Crippen LogP contribution in [0.15, 0.2) is 6.07 Å². The Labute approximate surface area is 158 Å². The summed E-state index contributed by atoms with van der Waals surface area (Å²) in [6, 6.07) is 3.22. The predicted molar refractivity (Wildman–Crippen MR) is 104 cm³/mol. The molecule has 0 aliphatic carbocycles. The Balaban J connectivity index is 1.55. The molecule has 2 aliphatic rings. The van der Waals surface area contributed by atoms with Crippen molar-refractivity contribution in [2.45, 2.75) is 59.2 Å². The summed E-state index contributed by atoms with van der Waals surface area (Å²) in [5, 5.41) is 4.42. The van der Waals surface area contributed by atoms with Crippen LogP contribution in [0.25, 0.3) is 0 Å². The molecule has 3 rings (SSSR count). The molecule has 2 saturated heterocycles. The summed E-state index contributed by atoms with van der Waals surface area (Å²) in [7, 11) is 2.21. The van der Waals surface area contributed by atoms with Gasteiger partial charge in [0.2, 0.25) is 5.91 Å². The van der Waals surface area contributed by atoms with E-state index in [0.29, 0.717) is 24.5 Å². The Bertz CT molecular complexity index is 612. The normalized spacial score (nSPS) is 20.2. The largest absolute Gasteiger partial charge is 0.338 e. The van der Waals surface area contributed by atoms with Gasteiger partial charge in [0.1, 0.15) is 6.54 Å². The zero-order valence-electron chi connectivity index (χ0n) is 17.1. The molecular weight excluding hydrogens is 326 g/mol. The van der Waals surface area contributed by atoms with Crippen molar-refractivity contribution in [2.24, 2.45) is 5.92 Å². The van der Waals surface area contributed by atoms with Crippen LogP contribution < -0.4 is 0 Å². The van der Waals surface area contributed by atoms with E-state index in [9.17, 15) is 4.79 Å². The molecule has 0 saturated carbocycles. The zero-order chi connectivity index (χ0) is 18.8. The summed E-state index contributed by atoms with van der Waals surface area (Å²) in [5.74, 6) is 0.856. The topological polar surface area (TPSA) is 44.6 Å². The van der Waals surface area contributed by atoms with Crippen LogP contribution in [0.1, 0.15) is 38.1 Å². The molecule has 6 nitrogen and oxygen atoms in total. The van der Waals surface area contributed by atoms with Crippen LogP contribution in [0.4, 0.5) is 0 Å². The van der Waals surface area contributed by atoms with Crippen molar-refractivity contribution in [3.8, 4) is 0 Å². The third-order valence-electron chi connectivity index (χ3n) is 5.81. The highest BCUT2D eigenvalue weighted by Gasteiger charge is 2.38. The second-order valence-electron chi connectivity index (χ2n) is 8.66. The number of amides is 1. The van der Waals surface area contributed by atoms with Gasteiger partial charge >= 0.3 is 0 Å². The van der Waals surface area contributed by atoms with Crippen LogP contribution >= 0.6 is 0 Å². The highest BCUT2D eigenvalue weighted by Crippen LogP contribution is 2.25. The van der Waals surface area contributed by atoms with E-state index < -0.39 is 0 Å². The van der Waals surface area contributed by atoms with Gasteiger partial charge in [-0.3, -0.25) is 14.4 Å². The summed E-state index contributed by atoms with van der Waals surface area (Å²) in [5.41, 5.74) is 2.03. The molecule has 146 valence electrons. The van der Waals surface area contributed by atoms with Crippen molar-refractivity contribution >= 4 is 5.91 Å². The first-order valence-electron chi connectivity index (χ1n) is 10.1. The van der Waals surface area contributed by atoms with Crippen molar-refractivity contribution in [3.63, 3.8) is 0 Å². The predicted octanol–water partition coefficient (Wildman–Crippen LogP) is 1.76. The number of nitrogens with zero attached hydrogens (tertiary/aromatic N) is 5. The number of rotatable bonds is 6. The number of aromatic nitrogens is 2. The SMILES string of the molecule is Cc1cc(C)n(CC(=O)N2CC(N(CC(C)C)C3CCN(C)CC3)C2)n1. The quantitative estimate of drug-likeness (QED) is 0.775. The fraction of sp³-hybridized carbons (Fsp3) is 0.800. The van der Waals surface area contributed by atoms with Gasteiger partial charge in [-0.2, -0.15) is 5.10 Å². The van der Waals surface area contributed by atoms with Gasteiger partial charge in [-0.05, 0) is 58.8 Å². The van der Waals surface area contributed by atoms with Crippen molar-refractivity contribution in [1.82, 2.24) is 24.5 Å². The molecule has 0 atom stereocenters. The number of aryl methyl sites for hydroxylation is 2. The highest BCUT2D eigenvalue weighted by atomic mass is 16.2. The van der Waals surface area contributed by atoms with E-state index in [1.807, 2.05) is 29.5 Å². The van der Waals surface area contributed by atoms with Crippen LogP contribution in [0.2, 0.25) is 0 Å². The average molecular weight is 362 g/mol. The molecule has 3 heterocycles. The van der Waals surface area contributed by atoms with E-state index >= 15 is 0 Å². The first-order valence-corrected chi connectivity index (χ1v) is 10.1. The van der Waals surface area contributed by atoms with Crippen LogP contribution in [0, 0.1) is 19.8 Å². The lowest BCUT2D eigenvalue weighted by molar-refractivity contribution is -0.141. The maximum atomic E-state index is 12.6. The lowest BCUT2D eigenvalue weighted by atomic mass is 9.96. The molecule has 2 fully saturated rings. The molecule has 1 aromatic rings. The van der Waals surface area contributed by atoms with E-state index in [2.05, 4.69) is 35.8 Å². The Morgan fingerprint density at radius 3 is 2.42 bits per heavy atom. The molecule has 2 aliphatic heterocycles. The van der Waals surface area contributed by atoms with Crippen molar-refractivity contribution in [1.29, 1.82) is 0 Å². The van der Waals surface area contributed by atoms with Crippen LogP contribution in [-0.2, 0) is 11.3 Å². The Morgan fingerprint density at radius 1 is 1.23 bits per heavy atom. The van der Waals surface area contributed by atoms with Gasteiger partial charge in [0, 0.05) is 37.4 Å². The maximum Gasteiger partial charge on any atom is 0.244 e. The summed E-state index contributed by atoms with van der Waals surface area (Å²) in [4.78, 5) is 19.7. The number of carbonyl (C=O) groups is 1. The fourth-order valence-electron chi connectivity index (χ4n) is 4.28. The summed E-state index contributed by atoms with van der Waals surface area (Å²) in [6.45, 7) is 14.2. The zero-order valence-corrected chi connectivity index (χ0v) is 17.1. The fourth-order valence-corrected chi connectivity index (χ4v) is 4.28. The standard InChI is InChI=1S/C20H35N5O/c1-15(2)11-24(18-6-8-22(5)9-7-18)19-12-23(13-19)20(26)14-25-17(4)10-16(3)21-25/h10,15,18-19H,6-9,11-14H2,1-5H3. The Kier molecular flexibility index (Phi) is 6.03. The molecule has 0 unspecified atom stereocenters. The van der Waals surface area contributed by atoms with Gasteiger partial charge in [0.05, 0.1) is 5.69 Å². The summed E-state index contributed by atoms with van der Waals surface area (Å²) < 4.78 is 1.83. The molecule has 1 amide bonds. The average Bonchev–Trinajstić information content (AvgIpc) is 2.83. The van der Waals surface area contributed by atoms with Gasteiger partial charge in [0.15, 0.2) is 0 Å². The molecule has 26 heavy (non-hydrogen) atoms. The van der Waals surface area contributed by atoms with E-state index in [0.717, 1.165) is 31.0 Å². The van der Waals surface area contributed by atoms with Gasteiger partial charge < -0.3 is 9.80 Å². The lowest BCUT2D eigenvalue weighted by Gasteiger charge is -2.50. The first kappa shape index (κ1) is 19.4. The van der Waals surface area contributed by atoms with E-state index in [1.54, 1.807) is 0 Å². The maximum absolute atomic E-state index is 12.6. The van der Waals surface area contributed by atoms with E-state index in [4.69, 9.17) is 0 Å². The third-order valence-corrected chi connectivity index (χ3v) is 5.81. The number of likely N-dealkylation sites (tertiary alicyclic amines) is 2. The van der Waals surface area contributed by atoms with Crippen molar-refractivity contribution < 1.29 is 4.79 Å². The van der Waals surface area contributed by atoms with Crippen molar-refractivity contribution in [2.75, 3.05) is 39.8 Å². The van der Waals surface area contributed by atoms with Crippen LogP contribution in [0.5, 0.6) is 0 Å². The van der Waals surface area contributed by atoms with Gasteiger partial charge in [-0.15, -0.1) is 0 Å². The lowest BCUT2D eigenvalue weighted by Crippen LogP contribution is -2.64. The molecule has 6 heteroatoms. The number of hydrogen-bond acceptors (Lipinski definition) is 4. The van der Waals surface area contributed by atoms with E-state index in [1.165, 1.54) is 25.9 Å². The summed E-state index contributed by atoms with van der Waals surface area (Å²) in [6.07, 6.45) is 2.50. The molecule has 0 aromatic carbocycles. The number of hydrogen-bond donors (Lipinski definition) is 0. The molecular formula is C20H35N5O. The van der Waals surface area contributed by atoms with Gasteiger partial charge in [-0.25, -0.2) is 0 Å². The second kappa shape index (κ2) is 8.09. The molecule has 0 radical (unpaired) electrons. The third kappa shape index (κ3) is 4.46.